The molecule has 2 N–H and O–H groups in total. The van der Waals surface area contributed by atoms with Crippen LogP contribution in [0.3, 0.4) is 0 Å². The van der Waals surface area contributed by atoms with E-state index < -0.39 is 0 Å². The van der Waals surface area contributed by atoms with Crippen molar-refractivity contribution < 1.29 is 4.79 Å². The van der Waals surface area contributed by atoms with Crippen LogP contribution in [0.2, 0.25) is 0 Å². The number of carbonyl (C=O) groups excluding carboxylic acids is 1. The van der Waals surface area contributed by atoms with Crippen LogP contribution in [0.4, 0.5) is 0 Å². The maximum absolute atomic E-state index is 12.3. The van der Waals surface area contributed by atoms with Crippen LogP contribution in [0, 0.1) is 5.92 Å². The van der Waals surface area contributed by atoms with Gasteiger partial charge in [-0.2, -0.15) is 11.8 Å². The molecule has 0 unspecified atom stereocenters. The lowest BCUT2D eigenvalue weighted by molar-refractivity contribution is -0.134. The third-order valence-electron chi connectivity index (χ3n) is 4.88. The highest BCUT2D eigenvalue weighted by atomic mass is 35.5. The van der Waals surface area contributed by atoms with Crippen LogP contribution in [0.25, 0.3) is 0 Å². The van der Waals surface area contributed by atoms with Gasteiger partial charge in [-0.15, -0.1) is 24.8 Å². The summed E-state index contributed by atoms with van der Waals surface area (Å²) in [7, 11) is 0. The Morgan fingerprint density at radius 3 is 2.30 bits per heavy atom. The molecule has 138 valence electrons. The predicted octanol–water partition coefficient (Wildman–Crippen LogP) is 2.63. The average molecular weight is 386 g/mol. The minimum Gasteiger partial charge on any atom is -0.339 e. The predicted molar refractivity (Wildman–Crippen MR) is 105 cm³/mol. The van der Waals surface area contributed by atoms with Gasteiger partial charge in [0, 0.05) is 32.7 Å². The Morgan fingerprint density at radius 1 is 1.13 bits per heavy atom. The molecule has 1 aliphatic carbocycles. The molecule has 2 fully saturated rings. The second kappa shape index (κ2) is 12.6. The van der Waals surface area contributed by atoms with E-state index in [1.54, 1.807) is 11.8 Å². The smallest absolute Gasteiger partial charge is 0.239 e. The molecule has 7 heteroatoms. The molecule has 23 heavy (non-hydrogen) atoms. The number of hydrogen-bond acceptors (Lipinski definition) is 4. The van der Waals surface area contributed by atoms with Crippen molar-refractivity contribution in [3.05, 3.63) is 0 Å². The van der Waals surface area contributed by atoms with Gasteiger partial charge < -0.3 is 10.6 Å². The van der Waals surface area contributed by atoms with E-state index in [1.165, 1.54) is 38.6 Å². The van der Waals surface area contributed by atoms with Crippen LogP contribution >= 0.6 is 36.6 Å². The zero-order valence-electron chi connectivity index (χ0n) is 14.2. The molecule has 0 radical (unpaired) electrons. The lowest BCUT2D eigenvalue weighted by Crippen LogP contribution is -2.53. The van der Waals surface area contributed by atoms with Gasteiger partial charge in [0.25, 0.3) is 0 Å². The molecule has 1 aliphatic heterocycles. The maximum Gasteiger partial charge on any atom is 0.239 e. The number of rotatable bonds is 6. The standard InChI is InChI=1S/C16H31N3OS.2ClH/c1-21-12-7-15(17)16(20)19-10-8-18(9-11-19)13-14-5-3-2-4-6-14;;/h14-15H,2-13,17H2,1H3;2*1H/t15-;;/m0../s1. The van der Waals surface area contributed by atoms with Gasteiger partial charge in [-0.1, -0.05) is 19.3 Å². The Hall–Kier alpha value is 0.320. The Bertz CT molecular complexity index is 322. The fourth-order valence-electron chi connectivity index (χ4n) is 3.49. The molecular formula is C16H33Cl2N3OS. The van der Waals surface area contributed by atoms with E-state index in [4.69, 9.17) is 5.73 Å². The average Bonchev–Trinajstić information content (AvgIpc) is 2.53. The van der Waals surface area contributed by atoms with Crippen molar-refractivity contribution in [2.24, 2.45) is 11.7 Å². The second-order valence-corrected chi connectivity index (χ2v) is 7.50. The van der Waals surface area contributed by atoms with Crippen LogP contribution in [0.5, 0.6) is 0 Å². The SMILES string of the molecule is CSCC[C@H](N)C(=O)N1CCN(CC2CCCCC2)CC1.Cl.Cl. The van der Waals surface area contributed by atoms with E-state index in [9.17, 15) is 4.79 Å². The highest BCUT2D eigenvalue weighted by Gasteiger charge is 2.26. The van der Waals surface area contributed by atoms with Crippen molar-refractivity contribution in [2.45, 2.75) is 44.6 Å². The van der Waals surface area contributed by atoms with Gasteiger partial charge in [0.2, 0.25) is 5.91 Å². The molecule has 1 saturated carbocycles. The van der Waals surface area contributed by atoms with Crippen molar-refractivity contribution in [1.29, 1.82) is 0 Å². The largest absolute Gasteiger partial charge is 0.339 e. The van der Waals surface area contributed by atoms with Crippen LogP contribution in [-0.2, 0) is 4.79 Å². The second-order valence-electron chi connectivity index (χ2n) is 6.52. The first-order chi connectivity index (χ1) is 10.2. The van der Waals surface area contributed by atoms with Gasteiger partial charge in [-0.05, 0) is 37.2 Å². The number of halogens is 2. The Labute approximate surface area is 158 Å². The summed E-state index contributed by atoms with van der Waals surface area (Å²) < 4.78 is 0. The zero-order valence-corrected chi connectivity index (χ0v) is 16.7. The minimum atomic E-state index is -0.303. The third-order valence-corrected chi connectivity index (χ3v) is 5.52. The number of nitrogens with zero attached hydrogens (tertiary/aromatic N) is 2. The monoisotopic (exact) mass is 385 g/mol. The molecular weight excluding hydrogens is 353 g/mol. The van der Waals surface area contributed by atoms with Gasteiger partial charge >= 0.3 is 0 Å². The zero-order chi connectivity index (χ0) is 15.1. The van der Waals surface area contributed by atoms with Crippen molar-refractivity contribution in [1.82, 2.24) is 9.80 Å². The summed E-state index contributed by atoms with van der Waals surface area (Å²) in [5, 5.41) is 0. The normalized spacial score (nSPS) is 21.2. The summed E-state index contributed by atoms with van der Waals surface area (Å²) in [6.07, 6.45) is 9.90. The fourth-order valence-corrected chi connectivity index (χ4v) is 3.98. The lowest BCUT2D eigenvalue weighted by atomic mass is 9.89. The fraction of sp³-hybridized carbons (Fsp3) is 0.938. The summed E-state index contributed by atoms with van der Waals surface area (Å²) in [6, 6.07) is -0.303. The van der Waals surface area contributed by atoms with E-state index in [-0.39, 0.29) is 36.8 Å². The molecule has 0 bridgehead atoms. The van der Waals surface area contributed by atoms with E-state index in [2.05, 4.69) is 11.2 Å². The Kier molecular flexibility index (Phi) is 12.8. The molecule has 0 aromatic carbocycles. The molecule has 0 aromatic heterocycles. The van der Waals surface area contributed by atoms with E-state index in [0.717, 1.165) is 44.3 Å². The van der Waals surface area contributed by atoms with Gasteiger partial charge in [0.15, 0.2) is 0 Å². The summed E-state index contributed by atoms with van der Waals surface area (Å²) in [6.45, 7) is 5.01. The first kappa shape index (κ1) is 23.3. The summed E-state index contributed by atoms with van der Waals surface area (Å²) in [5.74, 6) is 2.01. The maximum atomic E-state index is 12.3. The van der Waals surface area contributed by atoms with Crippen molar-refractivity contribution in [3.8, 4) is 0 Å². The number of hydrogen-bond donors (Lipinski definition) is 1. The summed E-state index contributed by atoms with van der Waals surface area (Å²) in [5.41, 5.74) is 6.00. The van der Waals surface area contributed by atoms with E-state index in [0.29, 0.717) is 0 Å². The topological polar surface area (TPSA) is 49.6 Å². The lowest BCUT2D eigenvalue weighted by Gasteiger charge is -2.38. The molecule has 1 saturated heterocycles. The quantitative estimate of drug-likeness (QED) is 0.763. The number of nitrogens with two attached hydrogens (primary N) is 1. The van der Waals surface area contributed by atoms with Gasteiger partial charge in [0.1, 0.15) is 0 Å². The number of thioether (sulfide) groups is 1. The molecule has 1 atom stereocenters. The van der Waals surface area contributed by atoms with Gasteiger partial charge in [-0.25, -0.2) is 0 Å². The minimum absolute atomic E-state index is 0. The summed E-state index contributed by atoms with van der Waals surface area (Å²) >= 11 is 1.75. The van der Waals surface area contributed by atoms with Gasteiger partial charge in [-0.3, -0.25) is 9.69 Å². The first-order valence-electron chi connectivity index (χ1n) is 8.46. The third kappa shape index (κ3) is 7.82. The first-order valence-corrected chi connectivity index (χ1v) is 9.85. The van der Waals surface area contributed by atoms with Crippen molar-refractivity contribution >= 4 is 42.5 Å². The molecule has 4 nitrogen and oxygen atoms in total. The Balaban J connectivity index is 0.00000242. The summed E-state index contributed by atoms with van der Waals surface area (Å²) in [4.78, 5) is 16.8. The highest BCUT2D eigenvalue weighted by molar-refractivity contribution is 7.98. The molecule has 0 spiro atoms. The van der Waals surface area contributed by atoms with Crippen LogP contribution in [-0.4, -0.2) is 66.5 Å². The van der Waals surface area contributed by atoms with Crippen molar-refractivity contribution in [3.63, 3.8) is 0 Å². The molecule has 1 heterocycles. The highest BCUT2D eigenvalue weighted by Crippen LogP contribution is 2.24. The number of piperazine rings is 1. The van der Waals surface area contributed by atoms with Crippen LogP contribution in [0.1, 0.15) is 38.5 Å². The Morgan fingerprint density at radius 2 is 1.74 bits per heavy atom. The molecule has 1 amide bonds. The van der Waals surface area contributed by atoms with Crippen LogP contribution in [0.15, 0.2) is 0 Å². The van der Waals surface area contributed by atoms with Gasteiger partial charge in [0.05, 0.1) is 6.04 Å². The number of amides is 1. The molecule has 0 aromatic rings. The van der Waals surface area contributed by atoms with Crippen molar-refractivity contribution in [2.75, 3.05) is 44.7 Å². The molecule has 2 rings (SSSR count). The molecule has 2 aliphatic rings. The van der Waals surface area contributed by atoms with E-state index in [1.807, 2.05) is 4.90 Å². The van der Waals surface area contributed by atoms with Crippen LogP contribution < -0.4 is 5.73 Å². The van der Waals surface area contributed by atoms with E-state index >= 15 is 0 Å². The number of carbonyl (C=O) groups is 1.